The van der Waals surface area contributed by atoms with Crippen LogP contribution in [0.1, 0.15) is 15.9 Å². The molecule has 12 heteroatoms. The van der Waals surface area contributed by atoms with Crippen molar-refractivity contribution >= 4 is 15.9 Å². The molecule has 0 radical (unpaired) electrons. The van der Waals surface area contributed by atoms with Gasteiger partial charge < -0.3 is 19.9 Å². The van der Waals surface area contributed by atoms with Crippen molar-refractivity contribution in [3.63, 3.8) is 0 Å². The van der Waals surface area contributed by atoms with Crippen LogP contribution in [0.5, 0.6) is 11.5 Å². The van der Waals surface area contributed by atoms with E-state index in [1.165, 1.54) is 26.3 Å². The van der Waals surface area contributed by atoms with E-state index in [9.17, 15) is 31.5 Å². The lowest BCUT2D eigenvalue weighted by Gasteiger charge is -2.15. The standard InChI is InChI=1S/C19H21F3N2O6S/c1-23-31(27,28)17-9-12(3-8-16(17)29-2)18(26)24-10-14(25)11-30-15-6-4-13(5-7-15)19(20,21)22/h3-9,14,23,25H,10-11H2,1-2H3,(H,24,26). The molecule has 2 aromatic rings. The third kappa shape index (κ3) is 6.57. The van der Waals surface area contributed by atoms with Gasteiger partial charge in [0.25, 0.3) is 5.91 Å². The van der Waals surface area contributed by atoms with Crippen LogP contribution in [0.15, 0.2) is 47.4 Å². The van der Waals surface area contributed by atoms with Gasteiger partial charge in [-0.05, 0) is 49.5 Å². The monoisotopic (exact) mass is 462 g/mol. The summed E-state index contributed by atoms with van der Waals surface area (Å²) in [5.74, 6) is -0.477. The van der Waals surface area contributed by atoms with E-state index in [1.807, 2.05) is 0 Å². The minimum atomic E-state index is -4.46. The lowest BCUT2D eigenvalue weighted by molar-refractivity contribution is -0.137. The van der Waals surface area contributed by atoms with E-state index in [4.69, 9.17) is 9.47 Å². The van der Waals surface area contributed by atoms with Crippen molar-refractivity contribution in [2.75, 3.05) is 27.3 Å². The Morgan fingerprint density at radius 1 is 1.16 bits per heavy atom. The summed E-state index contributed by atoms with van der Waals surface area (Å²) in [7, 11) is -1.37. The number of nitrogens with one attached hydrogen (secondary N) is 2. The molecule has 1 amide bonds. The molecule has 2 aromatic carbocycles. The molecule has 0 saturated carbocycles. The Hall–Kier alpha value is -2.83. The second-order valence-corrected chi connectivity index (χ2v) is 8.13. The average molecular weight is 462 g/mol. The highest BCUT2D eigenvalue weighted by atomic mass is 32.2. The zero-order valence-corrected chi connectivity index (χ0v) is 17.4. The predicted molar refractivity (Wildman–Crippen MR) is 105 cm³/mol. The van der Waals surface area contributed by atoms with Crippen LogP contribution in [0.2, 0.25) is 0 Å². The summed E-state index contributed by atoms with van der Waals surface area (Å²) in [5.41, 5.74) is -0.808. The van der Waals surface area contributed by atoms with Crippen molar-refractivity contribution in [1.29, 1.82) is 0 Å². The van der Waals surface area contributed by atoms with Gasteiger partial charge in [0.2, 0.25) is 10.0 Å². The molecule has 1 atom stereocenters. The Balaban J connectivity index is 1.94. The van der Waals surface area contributed by atoms with Gasteiger partial charge in [0, 0.05) is 12.1 Å². The first-order valence-corrected chi connectivity index (χ1v) is 10.3. The third-order valence-corrected chi connectivity index (χ3v) is 5.54. The zero-order chi connectivity index (χ0) is 23.2. The molecule has 2 rings (SSSR count). The van der Waals surface area contributed by atoms with Crippen molar-refractivity contribution < 1.29 is 41.0 Å². The smallest absolute Gasteiger partial charge is 0.416 e. The van der Waals surface area contributed by atoms with Crippen LogP contribution >= 0.6 is 0 Å². The lowest BCUT2D eigenvalue weighted by atomic mass is 10.2. The predicted octanol–water partition coefficient (Wildman–Crippen LogP) is 1.79. The highest BCUT2D eigenvalue weighted by Gasteiger charge is 2.30. The topological polar surface area (TPSA) is 114 Å². The van der Waals surface area contributed by atoms with Gasteiger partial charge >= 0.3 is 6.18 Å². The SMILES string of the molecule is CNS(=O)(=O)c1cc(C(=O)NCC(O)COc2ccc(C(F)(F)F)cc2)ccc1OC. The number of hydrogen-bond acceptors (Lipinski definition) is 6. The molecular formula is C19H21F3N2O6S. The van der Waals surface area contributed by atoms with E-state index in [1.54, 1.807) is 0 Å². The van der Waals surface area contributed by atoms with Crippen LogP contribution < -0.4 is 19.5 Å². The third-order valence-electron chi connectivity index (χ3n) is 4.11. The van der Waals surface area contributed by atoms with E-state index in [-0.39, 0.29) is 35.1 Å². The molecule has 0 aliphatic rings. The second kappa shape index (κ2) is 9.98. The highest BCUT2D eigenvalue weighted by molar-refractivity contribution is 7.89. The molecular weight excluding hydrogens is 441 g/mol. The first-order valence-electron chi connectivity index (χ1n) is 8.86. The van der Waals surface area contributed by atoms with Crippen LogP contribution in [-0.2, 0) is 16.2 Å². The molecule has 31 heavy (non-hydrogen) atoms. The van der Waals surface area contributed by atoms with Crippen molar-refractivity contribution in [3.05, 3.63) is 53.6 Å². The number of methoxy groups -OCH3 is 1. The number of aliphatic hydroxyl groups excluding tert-OH is 1. The van der Waals surface area contributed by atoms with Gasteiger partial charge in [0.05, 0.1) is 12.7 Å². The number of carbonyl (C=O) groups is 1. The van der Waals surface area contributed by atoms with Gasteiger partial charge in [-0.15, -0.1) is 0 Å². The maximum atomic E-state index is 12.5. The number of hydrogen-bond donors (Lipinski definition) is 3. The van der Waals surface area contributed by atoms with Crippen molar-refractivity contribution in [2.24, 2.45) is 0 Å². The summed E-state index contributed by atoms with van der Waals surface area (Å²) in [6.07, 6.45) is -5.62. The first kappa shape index (κ1) is 24.4. The summed E-state index contributed by atoms with van der Waals surface area (Å²) < 4.78 is 74.1. The van der Waals surface area contributed by atoms with Crippen LogP contribution in [0.25, 0.3) is 0 Å². The number of rotatable bonds is 9. The van der Waals surface area contributed by atoms with Crippen LogP contribution in [-0.4, -0.2) is 52.8 Å². The summed E-state index contributed by atoms with van der Waals surface area (Å²) in [5, 5.41) is 12.4. The summed E-state index contributed by atoms with van der Waals surface area (Å²) >= 11 is 0. The maximum absolute atomic E-state index is 12.5. The number of sulfonamides is 1. The number of halogens is 3. The Morgan fingerprint density at radius 3 is 2.35 bits per heavy atom. The number of amides is 1. The fourth-order valence-electron chi connectivity index (χ4n) is 2.44. The molecule has 8 nitrogen and oxygen atoms in total. The average Bonchev–Trinajstić information content (AvgIpc) is 2.75. The molecule has 3 N–H and O–H groups in total. The Bertz CT molecular complexity index is 1010. The molecule has 1 unspecified atom stereocenters. The summed E-state index contributed by atoms with van der Waals surface area (Å²) in [4.78, 5) is 12.1. The number of carbonyl (C=O) groups excluding carboxylic acids is 1. The summed E-state index contributed by atoms with van der Waals surface area (Å²) in [6, 6.07) is 7.75. The molecule has 0 aromatic heterocycles. The summed E-state index contributed by atoms with van der Waals surface area (Å²) in [6.45, 7) is -0.521. The van der Waals surface area contributed by atoms with Crippen molar-refractivity contribution in [2.45, 2.75) is 17.2 Å². The van der Waals surface area contributed by atoms with Crippen molar-refractivity contribution in [1.82, 2.24) is 10.0 Å². The van der Waals surface area contributed by atoms with Crippen LogP contribution in [0.3, 0.4) is 0 Å². The fraction of sp³-hybridized carbons (Fsp3) is 0.316. The van der Waals surface area contributed by atoms with Gasteiger partial charge in [-0.1, -0.05) is 0 Å². The molecule has 0 saturated heterocycles. The van der Waals surface area contributed by atoms with E-state index in [0.29, 0.717) is 0 Å². The van der Waals surface area contributed by atoms with E-state index < -0.39 is 33.8 Å². The number of benzene rings is 2. The Labute approximate surface area is 177 Å². The zero-order valence-electron chi connectivity index (χ0n) is 16.6. The van der Waals surface area contributed by atoms with Gasteiger partial charge in [-0.3, -0.25) is 4.79 Å². The largest absolute Gasteiger partial charge is 0.495 e. The molecule has 0 spiro atoms. The maximum Gasteiger partial charge on any atom is 0.416 e. The van der Waals surface area contributed by atoms with E-state index in [2.05, 4.69) is 10.0 Å². The minimum Gasteiger partial charge on any atom is -0.495 e. The molecule has 0 fully saturated rings. The van der Waals surface area contributed by atoms with Crippen LogP contribution in [0.4, 0.5) is 13.2 Å². The van der Waals surface area contributed by atoms with Gasteiger partial charge in [-0.2, -0.15) is 13.2 Å². The van der Waals surface area contributed by atoms with Crippen molar-refractivity contribution in [3.8, 4) is 11.5 Å². The van der Waals surface area contributed by atoms with E-state index >= 15 is 0 Å². The van der Waals surface area contributed by atoms with E-state index in [0.717, 1.165) is 30.3 Å². The highest BCUT2D eigenvalue weighted by Crippen LogP contribution is 2.30. The first-order chi connectivity index (χ1) is 14.5. The number of aliphatic hydroxyl groups is 1. The quantitative estimate of drug-likeness (QED) is 0.524. The minimum absolute atomic E-state index is 0.0190. The second-order valence-electron chi connectivity index (χ2n) is 6.27. The lowest BCUT2D eigenvalue weighted by Crippen LogP contribution is -2.35. The van der Waals surface area contributed by atoms with Gasteiger partial charge in [0.1, 0.15) is 29.1 Å². The Kier molecular flexibility index (Phi) is 7.87. The normalized spacial score (nSPS) is 12.8. The van der Waals surface area contributed by atoms with Crippen LogP contribution in [0, 0.1) is 0 Å². The molecule has 0 aliphatic carbocycles. The van der Waals surface area contributed by atoms with Gasteiger partial charge in [0.15, 0.2) is 0 Å². The fourth-order valence-corrected chi connectivity index (χ4v) is 3.36. The number of ether oxygens (including phenoxy) is 2. The Morgan fingerprint density at radius 2 is 1.81 bits per heavy atom. The van der Waals surface area contributed by atoms with Gasteiger partial charge in [-0.25, -0.2) is 13.1 Å². The number of alkyl halides is 3. The molecule has 0 heterocycles. The molecule has 170 valence electrons. The molecule has 0 bridgehead atoms. The molecule has 0 aliphatic heterocycles.